The fourth-order valence-electron chi connectivity index (χ4n) is 3.97. The number of carbonyl (C=O) groups is 2. The van der Waals surface area contributed by atoms with Gasteiger partial charge in [-0.3, -0.25) is 19.7 Å². The number of carbonyl (C=O) groups excluding carboxylic acids is 2. The first kappa shape index (κ1) is 23.1. The van der Waals surface area contributed by atoms with Gasteiger partial charge in [0, 0.05) is 17.7 Å². The number of nitrogens with one attached hydrogen (secondary N) is 1. The number of hydrogen-bond acceptors (Lipinski definition) is 5. The Morgan fingerprint density at radius 2 is 1.62 bits per heavy atom. The molecule has 1 atom stereocenters. The number of likely N-dealkylation sites (tertiary alicyclic amines) is 1. The van der Waals surface area contributed by atoms with E-state index < -0.39 is 28.4 Å². The third-order valence-electron chi connectivity index (χ3n) is 5.97. The summed E-state index contributed by atoms with van der Waals surface area (Å²) in [5.74, 6) is -2.02. The molecule has 0 bridgehead atoms. The first-order chi connectivity index (χ1) is 15.3. The van der Waals surface area contributed by atoms with Crippen LogP contribution in [0.4, 0.5) is 5.69 Å². The lowest BCUT2D eigenvalue weighted by Crippen LogP contribution is -3.12. The van der Waals surface area contributed by atoms with Crippen LogP contribution in [-0.4, -0.2) is 47.7 Å². The number of quaternary nitrogens is 1. The highest BCUT2D eigenvalue weighted by molar-refractivity contribution is 6.46. The van der Waals surface area contributed by atoms with Crippen molar-refractivity contribution in [1.82, 2.24) is 4.90 Å². The van der Waals surface area contributed by atoms with Crippen molar-refractivity contribution in [1.29, 1.82) is 0 Å². The van der Waals surface area contributed by atoms with Crippen molar-refractivity contribution in [3.05, 3.63) is 80.9 Å². The maximum Gasteiger partial charge on any atom is 0.295 e. The number of nitro groups is 1. The molecule has 0 radical (unpaired) electrons. The summed E-state index contributed by atoms with van der Waals surface area (Å²) in [6.45, 7) is 8.64. The molecule has 1 fully saturated rings. The summed E-state index contributed by atoms with van der Waals surface area (Å²) in [6, 6.07) is 11.6. The molecule has 8 heteroatoms. The molecule has 0 aromatic heterocycles. The van der Waals surface area contributed by atoms with E-state index in [1.165, 1.54) is 34.1 Å². The monoisotopic (exact) mass is 437 g/mol. The smallest absolute Gasteiger partial charge is 0.295 e. The summed E-state index contributed by atoms with van der Waals surface area (Å²) in [7, 11) is 0. The van der Waals surface area contributed by atoms with Crippen LogP contribution < -0.4 is 10.0 Å². The molecule has 168 valence electrons. The Balaban J connectivity index is 2.10. The number of nitrogens with zero attached hydrogens (tertiary/aromatic N) is 2. The zero-order chi connectivity index (χ0) is 23.4. The number of amides is 1. The average molecular weight is 437 g/mol. The summed E-state index contributed by atoms with van der Waals surface area (Å²) in [5.41, 5.74) is 1.59. The minimum atomic E-state index is -0.875. The molecule has 1 saturated heterocycles. The summed E-state index contributed by atoms with van der Waals surface area (Å²) in [6.07, 6.45) is 0. The van der Waals surface area contributed by atoms with Gasteiger partial charge in [-0.05, 0) is 44.0 Å². The highest BCUT2D eigenvalue weighted by atomic mass is 16.6. The van der Waals surface area contributed by atoms with Crippen molar-refractivity contribution in [2.45, 2.75) is 26.8 Å². The first-order valence-electron chi connectivity index (χ1n) is 10.7. The van der Waals surface area contributed by atoms with Gasteiger partial charge in [0.15, 0.2) is 0 Å². The van der Waals surface area contributed by atoms with Crippen LogP contribution in [0.1, 0.15) is 36.6 Å². The number of hydrogen-bond donors (Lipinski definition) is 1. The quantitative estimate of drug-likeness (QED) is 0.218. The van der Waals surface area contributed by atoms with Gasteiger partial charge < -0.3 is 14.9 Å². The second kappa shape index (κ2) is 9.74. The molecule has 8 nitrogen and oxygen atoms in total. The van der Waals surface area contributed by atoms with E-state index in [9.17, 15) is 24.8 Å². The second-order valence-corrected chi connectivity index (χ2v) is 7.89. The predicted octanol–water partition coefficient (Wildman–Crippen LogP) is 1.05. The fraction of sp³-hybridized carbons (Fsp3) is 0.333. The molecule has 1 N–H and O–H groups in total. The lowest BCUT2D eigenvalue weighted by Gasteiger charge is -2.28. The van der Waals surface area contributed by atoms with Gasteiger partial charge in [-0.2, -0.15) is 0 Å². The number of likely N-dealkylation sites (N-methyl/N-ethyl adjacent to an activating group) is 1. The lowest BCUT2D eigenvalue weighted by atomic mass is 9.95. The van der Waals surface area contributed by atoms with Crippen LogP contribution in [0.15, 0.2) is 54.1 Å². The Morgan fingerprint density at radius 1 is 1.03 bits per heavy atom. The van der Waals surface area contributed by atoms with Crippen LogP contribution in [-0.2, 0) is 9.59 Å². The zero-order valence-corrected chi connectivity index (χ0v) is 18.5. The molecule has 1 amide bonds. The molecular formula is C24H27N3O5. The van der Waals surface area contributed by atoms with E-state index in [0.29, 0.717) is 24.2 Å². The highest BCUT2D eigenvalue weighted by Crippen LogP contribution is 2.38. The number of ketones is 1. The number of benzene rings is 2. The normalized spacial score (nSPS) is 17.9. The van der Waals surface area contributed by atoms with E-state index >= 15 is 0 Å². The molecule has 2 aromatic rings. The van der Waals surface area contributed by atoms with Crippen LogP contribution in [0.25, 0.3) is 5.76 Å². The number of non-ortho nitro benzene ring substituents is 1. The number of Topliss-reactive ketones (excluding diaryl/α,β-unsaturated/α-hetero) is 1. The molecule has 3 rings (SSSR count). The molecule has 0 saturated carbocycles. The third kappa shape index (κ3) is 4.55. The van der Waals surface area contributed by atoms with Crippen LogP contribution in [0.3, 0.4) is 0 Å². The van der Waals surface area contributed by atoms with Crippen molar-refractivity contribution < 1.29 is 24.5 Å². The maximum atomic E-state index is 13.3. The summed E-state index contributed by atoms with van der Waals surface area (Å²) >= 11 is 0. The van der Waals surface area contributed by atoms with Gasteiger partial charge in [0.25, 0.3) is 11.6 Å². The fourth-order valence-corrected chi connectivity index (χ4v) is 3.97. The van der Waals surface area contributed by atoms with Gasteiger partial charge in [0.05, 0.1) is 37.1 Å². The predicted molar refractivity (Wildman–Crippen MR) is 118 cm³/mol. The lowest BCUT2D eigenvalue weighted by molar-refractivity contribution is -0.895. The van der Waals surface area contributed by atoms with E-state index in [0.717, 1.165) is 18.7 Å². The van der Waals surface area contributed by atoms with Crippen molar-refractivity contribution in [3.8, 4) is 0 Å². The Morgan fingerprint density at radius 3 is 2.16 bits per heavy atom. The summed E-state index contributed by atoms with van der Waals surface area (Å²) in [5, 5.41) is 24.4. The van der Waals surface area contributed by atoms with E-state index in [-0.39, 0.29) is 11.3 Å². The first-order valence-corrected chi connectivity index (χ1v) is 10.7. The van der Waals surface area contributed by atoms with Gasteiger partial charge >= 0.3 is 0 Å². The standard InChI is InChI=1S/C24H27N3O5/c1-4-25(5-2)14-15-26-21(17-10-12-19(13-11-17)27(31)32)20(23(29)24(26)30)22(28)18-8-6-16(3)7-9-18/h6-13,21,28H,4-5,14-15H2,1-3H3. The van der Waals surface area contributed by atoms with Crippen LogP contribution >= 0.6 is 0 Å². The Kier molecular flexibility index (Phi) is 7.05. The summed E-state index contributed by atoms with van der Waals surface area (Å²) < 4.78 is 0. The molecule has 1 aliphatic heterocycles. The number of rotatable bonds is 8. The van der Waals surface area contributed by atoms with Crippen LogP contribution in [0.2, 0.25) is 0 Å². The average Bonchev–Trinajstić information content (AvgIpc) is 3.04. The van der Waals surface area contributed by atoms with E-state index in [1.54, 1.807) is 24.3 Å². The summed E-state index contributed by atoms with van der Waals surface area (Å²) in [4.78, 5) is 39.1. The molecule has 1 heterocycles. The van der Waals surface area contributed by atoms with Crippen LogP contribution in [0, 0.1) is 17.0 Å². The van der Waals surface area contributed by atoms with Crippen molar-refractivity contribution >= 4 is 23.1 Å². The molecule has 2 aromatic carbocycles. The third-order valence-corrected chi connectivity index (χ3v) is 5.97. The Labute approximate surface area is 186 Å². The van der Waals surface area contributed by atoms with Crippen LogP contribution in [0.5, 0.6) is 0 Å². The highest BCUT2D eigenvalue weighted by Gasteiger charge is 2.44. The zero-order valence-electron chi connectivity index (χ0n) is 18.5. The second-order valence-electron chi connectivity index (χ2n) is 7.89. The van der Waals surface area contributed by atoms with E-state index in [4.69, 9.17) is 0 Å². The van der Waals surface area contributed by atoms with Crippen molar-refractivity contribution in [2.24, 2.45) is 0 Å². The topological polar surface area (TPSA) is 108 Å². The van der Waals surface area contributed by atoms with Gasteiger partial charge in [-0.1, -0.05) is 35.6 Å². The minimum Gasteiger partial charge on any atom is -0.872 e. The largest absolute Gasteiger partial charge is 0.872 e. The Hall–Kier alpha value is -3.52. The van der Waals surface area contributed by atoms with Gasteiger partial charge in [0.2, 0.25) is 5.78 Å². The molecule has 32 heavy (non-hydrogen) atoms. The Bertz CT molecular complexity index is 1040. The molecule has 0 spiro atoms. The SMILES string of the molecule is CC[NH+](CC)CCN1C(=O)C(=O)C(=C([O-])c2ccc(C)cc2)C1c1ccc([N+](=O)[O-])cc1. The molecule has 1 aliphatic rings. The minimum absolute atomic E-state index is 0.102. The van der Waals surface area contributed by atoms with Crippen molar-refractivity contribution in [2.75, 3.05) is 26.2 Å². The maximum absolute atomic E-state index is 13.3. The van der Waals surface area contributed by atoms with Crippen molar-refractivity contribution in [3.63, 3.8) is 0 Å². The number of aryl methyl sites for hydroxylation is 1. The van der Waals surface area contributed by atoms with Gasteiger partial charge in [0.1, 0.15) is 0 Å². The number of nitro benzene ring substituents is 1. The van der Waals surface area contributed by atoms with Gasteiger partial charge in [-0.25, -0.2) is 0 Å². The molecular weight excluding hydrogens is 410 g/mol. The van der Waals surface area contributed by atoms with E-state index in [2.05, 4.69) is 0 Å². The van der Waals surface area contributed by atoms with E-state index in [1.807, 2.05) is 20.8 Å². The molecule has 0 aliphatic carbocycles. The van der Waals surface area contributed by atoms with Gasteiger partial charge in [-0.15, -0.1) is 0 Å². The molecule has 1 unspecified atom stereocenters.